The van der Waals surface area contributed by atoms with E-state index in [1.807, 2.05) is 12.1 Å². The van der Waals surface area contributed by atoms with Crippen LogP contribution in [0.25, 0.3) is 0 Å². The summed E-state index contributed by atoms with van der Waals surface area (Å²) in [5.74, 6) is 1.39. The Labute approximate surface area is 175 Å². The van der Waals surface area contributed by atoms with Crippen LogP contribution in [0.5, 0.6) is 0 Å². The molecule has 1 aromatic heterocycles. The lowest BCUT2D eigenvalue weighted by Crippen LogP contribution is -2.47. The molecule has 0 aliphatic carbocycles. The van der Waals surface area contributed by atoms with E-state index < -0.39 is 0 Å². The zero-order valence-corrected chi connectivity index (χ0v) is 16.8. The van der Waals surface area contributed by atoms with Crippen LogP contribution < -0.4 is 20.4 Å². The summed E-state index contributed by atoms with van der Waals surface area (Å²) < 4.78 is 14.1. The molecule has 5 rings (SSSR count). The molecular weight excluding hydrogens is 379 g/mol. The Kier molecular flexibility index (Phi) is 4.86. The molecule has 2 aliphatic rings. The molecule has 0 radical (unpaired) electrons. The molecule has 0 saturated carbocycles. The van der Waals surface area contributed by atoms with Crippen LogP contribution in [0, 0.1) is 5.82 Å². The van der Waals surface area contributed by atoms with Gasteiger partial charge in [0, 0.05) is 39.3 Å². The van der Waals surface area contributed by atoms with Crippen molar-refractivity contribution in [3.8, 4) is 0 Å². The van der Waals surface area contributed by atoms with E-state index in [1.54, 1.807) is 12.4 Å². The molecule has 0 spiro atoms. The first-order valence-corrected chi connectivity index (χ1v) is 10.4. The number of nitrogens with zero attached hydrogens (tertiary/aromatic N) is 5. The SMILES string of the molecule is Nc1c(N2CCN(c3ccccc3F)CC2)ncnc1N1CCc2ccccc2C1. The molecule has 2 N–H and O–H groups in total. The van der Waals surface area contributed by atoms with E-state index in [2.05, 4.69) is 48.9 Å². The number of anilines is 4. The maximum atomic E-state index is 14.1. The summed E-state index contributed by atoms with van der Waals surface area (Å²) in [5, 5.41) is 0. The fourth-order valence-electron chi connectivity index (χ4n) is 4.43. The number of nitrogens with two attached hydrogens (primary N) is 1. The van der Waals surface area contributed by atoms with Crippen molar-refractivity contribution in [2.24, 2.45) is 0 Å². The van der Waals surface area contributed by atoms with E-state index >= 15 is 0 Å². The second-order valence-electron chi connectivity index (χ2n) is 7.80. The molecule has 6 nitrogen and oxygen atoms in total. The number of hydrogen-bond acceptors (Lipinski definition) is 6. The highest BCUT2D eigenvalue weighted by Crippen LogP contribution is 2.33. The molecule has 3 heterocycles. The van der Waals surface area contributed by atoms with Crippen LogP contribution in [0.1, 0.15) is 11.1 Å². The Hall–Kier alpha value is -3.35. The number of para-hydroxylation sites is 1. The Balaban J connectivity index is 1.33. The monoisotopic (exact) mass is 404 g/mol. The van der Waals surface area contributed by atoms with Gasteiger partial charge >= 0.3 is 0 Å². The zero-order valence-electron chi connectivity index (χ0n) is 16.8. The second kappa shape index (κ2) is 7.82. The van der Waals surface area contributed by atoms with Gasteiger partial charge in [-0.3, -0.25) is 0 Å². The minimum Gasteiger partial charge on any atom is -0.393 e. The number of nitrogen functional groups attached to an aromatic ring is 1. The average molecular weight is 404 g/mol. The Bertz CT molecular complexity index is 1050. The summed E-state index contributed by atoms with van der Waals surface area (Å²) in [6.45, 7) is 4.60. The van der Waals surface area contributed by atoms with E-state index in [4.69, 9.17) is 5.73 Å². The van der Waals surface area contributed by atoms with Crippen molar-refractivity contribution >= 4 is 23.0 Å². The minimum atomic E-state index is -0.180. The lowest BCUT2D eigenvalue weighted by molar-refractivity contribution is 0.596. The summed E-state index contributed by atoms with van der Waals surface area (Å²) in [4.78, 5) is 15.5. The predicted molar refractivity (Wildman–Crippen MR) is 118 cm³/mol. The molecule has 2 aromatic carbocycles. The van der Waals surface area contributed by atoms with Gasteiger partial charge in [-0.25, -0.2) is 14.4 Å². The third kappa shape index (κ3) is 3.40. The van der Waals surface area contributed by atoms with Gasteiger partial charge in [0.2, 0.25) is 0 Å². The standard InChI is InChI=1S/C23H25FN6/c24-19-7-3-4-8-20(19)28-11-13-29(14-12-28)22-21(25)23(27-16-26-22)30-10-9-17-5-1-2-6-18(17)15-30/h1-8,16H,9-15,25H2. The highest BCUT2D eigenvalue weighted by molar-refractivity contribution is 5.76. The number of aromatic nitrogens is 2. The second-order valence-corrected chi connectivity index (χ2v) is 7.80. The van der Waals surface area contributed by atoms with Gasteiger partial charge in [0.1, 0.15) is 17.8 Å². The number of halogens is 1. The van der Waals surface area contributed by atoms with Crippen LogP contribution in [0.4, 0.5) is 27.4 Å². The van der Waals surface area contributed by atoms with Gasteiger partial charge in [0.25, 0.3) is 0 Å². The number of hydrogen-bond donors (Lipinski definition) is 1. The van der Waals surface area contributed by atoms with E-state index in [0.717, 1.165) is 57.3 Å². The van der Waals surface area contributed by atoms with Crippen LogP contribution in [0.15, 0.2) is 54.9 Å². The smallest absolute Gasteiger partial charge is 0.157 e. The van der Waals surface area contributed by atoms with Gasteiger partial charge in [-0.1, -0.05) is 36.4 Å². The maximum absolute atomic E-state index is 14.1. The number of rotatable bonds is 3. The summed E-state index contributed by atoms with van der Waals surface area (Å²) in [6.07, 6.45) is 2.58. The fraction of sp³-hybridized carbons (Fsp3) is 0.304. The molecule has 0 bridgehead atoms. The molecule has 1 saturated heterocycles. The molecule has 3 aromatic rings. The summed E-state index contributed by atoms with van der Waals surface area (Å²) >= 11 is 0. The number of piperazine rings is 1. The highest BCUT2D eigenvalue weighted by atomic mass is 19.1. The van der Waals surface area contributed by atoms with Crippen molar-refractivity contribution in [1.82, 2.24) is 9.97 Å². The predicted octanol–water partition coefficient (Wildman–Crippen LogP) is 3.09. The third-order valence-corrected chi connectivity index (χ3v) is 6.04. The normalized spacial score (nSPS) is 16.5. The largest absolute Gasteiger partial charge is 0.393 e. The molecule has 154 valence electrons. The molecule has 0 unspecified atom stereocenters. The third-order valence-electron chi connectivity index (χ3n) is 6.04. The molecular formula is C23H25FN6. The first kappa shape index (κ1) is 18.7. The molecule has 2 aliphatic heterocycles. The van der Waals surface area contributed by atoms with E-state index in [0.29, 0.717) is 11.4 Å². The number of benzene rings is 2. The topological polar surface area (TPSA) is 61.5 Å². The molecule has 0 atom stereocenters. The Morgan fingerprint density at radius 3 is 2.13 bits per heavy atom. The van der Waals surface area contributed by atoms with E-state index in [9.17, 15) is 4.39 Å². The first-order chi connectivity index (χ1) is 14.7. The van der Waals surface area contributed by atoms with Crippen molar-refractivity contribution in [3.63, 3.8) is 0 Å². The van der Waals surface area contributed by atoms with Gasteiger partial charge < -0.3 is 20.4 Å². The van der Waals surface area contributed by atoms with Crippen LogP contribution >= 0.6 is 0 Å². The minimum absolute atomic E-state index is 0.180. The van der Waals surface area contributed by atoms with Gasteiger partial charge in [-0.15, -0.1) is 0 Å². The Morgan fingerprint density at radius 2 is 1.37 bits per heavy atom. The quantitative estimate of drug-likeness (QED) is 0.724. The van der Waals surface area contributed by atoms with Crippen molar-refractivity contribution in [3.05, 3.63) is 71.8 Å². The average Bonchev–Trinajstić information content (AvgIpc) is 2.79. The lowest BCUT2D eigenvalue weighted by atomic mass is 10.00. The zero-order chi connectivity index (χ0) is 20.5. The van der Waals surface area contributed by atoms with Gasteiger partial charge in [-0.2, -0.15) is 0 Å². The number of fused-ring (bicyclic) bond motifs is 1. The molecule has 1 fully saturated rings. The van der Waals surface area contributed by atoms with Gasteiger partial charge in [0.15, 0.2) is 11.6 Å². The van der Waals surface area contributed by atoms with Crippen LogP contribution in [-0.4, -0.2) is 42.7 Å². The van der Waals surface area contributed by atoms with Crippen LogP contribution in [-0.2, 0) is 13.0 Å². The first-order valence-electron chi connectivity index (χ1n) is 10.4. The summed E-state index contributed by atoms with van der Waals surface area (Å²) in [6, 6.07) is 15.5. The van der Waals surface area contributed by atoms with E-state index in [-0.39, 0.29) is 5.82 Å². The van der Waals surface area contributed by atoms with Gasteiger partial charge in [0.05, 0.1) is 5.69 Å². The van der Waals surface area contributed by atoms with Crippen molar-refractivity contribution < 1.29 is 4.39 Å². The highest BCUT2D eigenvalue weighted by Gasteiger charge is 2.25. The van der Waals surface area contributed by atoms with E-state index in [1.165, 1.54) is 17.2 Å². The molecule has 30 heavy (non-hydrogen) atoms. The van der Waals surface area contributed by atoms with Crippen LogP contribution in [0.2, 0.25) is 0 Å². The fourth-order valence-corrected chi connectivity index (χ4v) is 4.43. The van der Waals surface area contributed by atoms with Crippen molar-refractivity contribution in [2.75, 3.05) is 53.2 Å². The van der Waals surface area contributed by atoms with Crippen LogP contribution in [0.3, 0.4) is 0 Å². The summed E-state index contributed by atoms with van der Waals surface area (Å²) in [5.41, 5.74) is 10.5. The van der Waals surface area contributed by atoms with Crippen molar-refractivity contribution in [2.45, 2.75) is 13.0 Å². The molecule has 7 heteroatoms. The van der Waals surface area contributed by atoms with Gasteiger partial charge in [-0.05, 0) is 29.7 Å². The summed E-state index contributed by atoms with van der Waals surface area (Å²) in [7, 11) is 0. The van der Waals surface area contributed by atoms with Crippen molar-refractivity contribution in [1.29, 1.82) is 0 Å². The maximum Gasteiger partial charge on any atom is 0.157 e. The lowest BCUT2D eigenvalue weighted by Gasteiger charge is -2.38. The molecule has 0 amide bonds. The Morgan fingerprint density at radius 1 is 0.733 bits per heavy atom.